The molecular weight excluding hydrogens is 296 g/mol. The molecule has 0 fully saturated rings. The molecule has 0 saturated carbocycles. The van der Waals surface area contributed by atoms with E-state index in [0.717, 1.165) is 5.75 Å². The average molecular weight is 315 g/mol. The van der Waals surface area contributed by atoms with Crippen molar-refractivity contribution in [3.63, 3.8) is 0 Å². The first kappa shape index (κ1) is 14.3. The molecule has 0 nitrogen and oxygen atoms in total. The van der Waals surface area contributed by atoms with Crippen molar-refractivity contribution in [3.05, 3.63) is 107 Å². The second-order valence-corrected chi connectivity index (χ2v) is 7.85. The molecule has 1 heteroatoms. The van der Waals surface area contributed by atoms with Crippen LogP contribution in [0.15, 0.2) is 84.9 Å². The largest absolute Gasteiger partial charge is 0.170 e. The topological polar surface area (TPSA) is 0 Å². The predicted molar refractivity (Wildman–Crippen MR) is 102 cm³/mol. The number of hydrogen-bond acceptors (Lipinski definition) is 0. The summed E-state index contributed by atoms with van der Waals surface area (Å²) in [7, 11) is 0.209. The van der Waals surface area contributed by atoms with Gasteiger partial charge in [-0.05, 0) is 23.3 Å². The summed E-state index contributed by atoms with van der Waals surface area (Å²) in [5.41, 5.74) is 6.94. The molecule has 0 bridgehead atoms. The Morgan fingerprint density at radius 2 is 1.22 bits per heavy atom. The maximum Gasteiger partial charge on any atom is 0.170 e. The molecule has 0 spiro atoms. The SMILES string of the molecule is C[S+]1Cc2ccccc2C(c2ccccc2)=C1c1ccccc1. The highest BCUT2D eigenvalue weighted by Gasteiger charge is 2.33. The fraction of sp³-hybridized carbons (Fsp3) is 0.0909. The van der Waals surface area contributed by atoms with Gasteiger partial charge in [-0.15, -0.1) is 0 Å². The van der Waals surface area contributed by atoms with Crippen LogP contribution in [-0.2, 0) is 16.6 Å². The minimum absolute atomic E-state index is 0.209. The summed E-state index contributed by atoms with van der Waals surface area (Å²) in [6, 6.07) is 30.6. The Morgan fingerprint density at radius 3 is 1.91 bits per heavy atom. The Hall–Kier alpha value is -2.25. The first-order chi connectivity index (χ1) is 11.3. The zero-order chi connectivity index (χ0) is 15.6. The van der Waals surface area contributed by atoms with Crippen LogP contribution in [0.3, 0.4) is 0 Å². The van der Waals surface area contributed by atoms with E-state index in [0.29, 0.717) is 0 Å². The molecule has 3 aromatic rings. The molecule has 0 N–H and O–H groups in total. The van der Waals surface area contributed by atoms with E-state index >= 15 is 0 Å². The molecule has 3 aromatic carbocycles. The van der Waals surface area contributed by atoms with Crippen LogP contribution in [-0.4, -0.2) is 6.26 Å². The average Bonchev–Trinajstić information content (AvgIpc) is 2.62. The lowest BCUT2D eigenvalue weighted by atomic mass is 9.92. The van der Waals surface area contributed by atoms with E-state index in [-0.39, 0.29) is 10.9 Å². The molecule has 112 valence electrons. The lowest BCUT2D eigenvalue weighted by Gasteiger charge is -2.22. The van der Waals surface area contributed by atoms with Crippen LogP contribution in [0.5, 0.6) is 0 Å². The monoisotopic (exact) mass is 315 g/mol. The van der Waals surface area contributed by atoms with Crippen LogP contribution in [0.4, 0.5) is 0 Å². The van der Waals surface area contributed by atoms with E-state index in [4.69, 9.17) is 0 Å². The molecule has 1 aliphatic rings. The van der Waals surface area contributed by atoms with Gasteiger partial charge >= 0.3 is 0 Å². The van der Waals surface area contributed by atoms with Gasteiger partial charge in [-0.1, -0.05) is 72.8 Å². The third kappa shape index (κ3) is 2.62. The third-order valence-electron chi connectivity index (χ3n) is 4.33. The van der Waals surface area contributed by atoms with Gasteiger partial charge in [0.25, 0.3) is 0 Å². The molecule has 4 rings (SSSR count). The summed E-state index contributed by atoms with van der Waals surface area (Å²) in [6.07, 6.45) is 2.38. The van der Waals surface area contributed by atoms with Crippen molar-refractivity contribution < 1.29 is 0 Å². The highest BCUT2D eigenvalue weighted by Crippen LogP contribution is 2.42. The fourth-order valence-electron chi connectivity index (χ4n) is 3.32. The van der Waals surface area contributed by atoms with E-state index in [9.17, 15) is 0 Å². The van der Waals surface area contributed by atoms with Gasteiger partial charge in [-0.2, -0.15) is 0 Å². The quantitative estimate of drug-likeness (QED) is 0.558. The minimum Gasteiger partial charge on any atom is -0.0622 e. The summed E-state index contributed by atoms with van der Waals surface area (Å²) in [6.45, 7) is 0. The maximum atomic E-state index is 2.38. The fourth-order valence-corrected chi connectivity index (χ4v) is 5.30. The van der Waals surface area contributed by atoms with Crippen LogP contribution < -0.4 is 0 Å². The first-order valence-electron chi connectivity index (χ1n) is 7.90. The van der Waals surface area contributed by atoms with Crippen LogP contribution in [0.1, 0.15) is 22.3 Å². The summed E-state index contributed by atoms with van der Waals surface area (Å²) >= 11 is 0. The van der Waals surface area contributed by atoms with E-state index < -0.39 is 0 Å². The Bertz CT molecular complexity index is 847. The molecule has 0 aliphatic carbocycles. The van der Waals surface area contributed by atoms with Crippen molar-refractivity contribution in [1.82, 2.24) is 0 Å². The van der Waals surface area contributed by atoms with E-state index in [1.54, 1.807) is 0 Å². The molecule has 1 atom stereocenters. The second-order valence-electron chi connectivity index (χ2n) is 5.87. The van der Waals surface area contributed by atoms with Crippen LogP contribution in [0.2, 0.25) is 0 Å². The van der Waals surface area contributed by atoms with E-state index in [2.05, 4.69) is 91.2 Å². The normalized spacial score (nSPS) is 17.0. The summed E-state index contributed by atoms with van der Waals surface area (Å²) in [4.78, 5) is 1.50. The van der Waals surface area contributed by atoms with Gasteiger partial charge in [0.05, 0.1) is 0 Å². The molecule has 1 unspecified atom stereocenters. The summed E-state index contributed by atoms with van der Waals surface area (Å²) in [5, 5.41) is 0. The standard InChI is InChI=1S/C22H19S/c1-23-16-19-14-8-9-15-20(19)21(17-10-4-2-5-11-17)22(23)18-12-6-3-7-13-18/h2-15H,16H2,1H3/q+1. The molecule has 1 aliphatic heterocycles. The van der Waals surface area contributed by atoms with Crippen molar-refractivity contribution in [3.8, 4) is 0 Å². The van der Waals surface area contributed by atoms with E-state index in [1.807, 2.05) is 0 Å². The zero-order valence-electron chi connectivity index (χ0n) is 13.2. The molecular formula is C22H19S+. The van der Waals surface area contributed by atoms with Crippen molar-refractivity contribution in [2.24, 2.45) is 0 Å². The molecule has 23 heavy (non-hydrogen) atoms. The number of rotatable bonds is 2. The molecule has 0 amide bonds. The van der Waals surface area contributed by atoms with Gasteiger partial charge in [0, 0.05) is 27.6 Å². The zero-order valence-corrected chi connectivity index (χ0v) is 14.0. The van der Waals surface area contributed by atoms with Gasteiger partial charge in [-0.25, -0.2) is 0 Å². The highest BCUT2D eigenvalue weighted by molar-refractivity contribution is 8.04. The summed E-state index contributed by atoms with van der Waals surface area (Å²) < 4.78 is 0. The Balaban J connectivity index is 2.04. The molecule has 1 heterocycles. The van der Waals surface area contributed by atoms with Crippen molar-refractivity contribution >= 4 is 21.4 Å². The summed E-state index contributed by atoms with van der Waals surface area (Å²) in [5.74, 6) is 1.14. The lowest BCUT2D eigenvalue weighted by Crippen LogP contribution is -2.15. The Labute approximate surface area is 140 Å². The van der Waals surface area contributed by atoms with Gasteiger partial charge < -0.3 is 0 Å². The van der Waals surface area contributed by atoms with Crippen LogP contribution in [0.25, 0.3) is 10.5 Å². The van der Waals surface area contributed by atoms with Crippen LogP contribution in [0, 0.1) is 0 Å². The van der Waals surface area contributed by atoms with Gasteiger partial charge in [-0.3, -0.25) is 0 Å². The van der Waals surface area contributed by atoms with Gasteiger partial charge in [0.2, 0.25) is 0 Å². The van der Waals surface area contributed by atoms with Gasteiger partial charge in [0.1, 0.15) is 12.0 Å². The first-order valence-corrected chi connectivity index (χ1v) is 9.71. The minimum atomic E-state index is 0.209. The smallest absolute Gasteiger partial charge is 0.0622 e. The molecule has 0 aromatic heterocycles. The second kappa shape index (κ2) is 6.10. The Kier molecular flexibility index (Phi) is 3.80. The van der Waals surface area contributed by atoms with Crippen LogP contribution >= 0.6 is 0 Å². The number of hydrogen-bond donors (Lipinski definition) is 0. The van der Waals surface area contributed by atoms with E-state index in [1.165, 1.54) is 32.7 Å². The lowest BCUT2D eigenvalue weighted by molar-refractivity contribution is 1.35. The molecule has 0 saturated heterocycles. The Morgan fingerprint density at radius 1 is 0.652 bits per heavy atom. The third-order valence-corrected chi connectivity index (χ3v) is 6.21. The number of fused-ring (bicyclic) bond motifs is 1. The molecule has 0 radical (unpaired) electrons. The maximum absolute atomic E-state index is 2.38. The van der Waals surface area contributed by atoms with Gasteiger partial charge in [0.15, 0.2) is 4.91 Å². The van der Waals surface area contributed by atoms with Crippen molar-refractivity contribution in [2.75, 3.05) is 6.26 Å². The predicted octanol–water partition coefficient (Wildman–Crippen LogP) is 5.36. The van der Waals surface area contributed by atoms with Crippen molar-refractivity contribution in [2.45, 2.75) is 5.75 Å². The highest BCUT2D eigenvalue weighted by atomic mass is 32.2. The van der Waals surface area contributed by atoms with Crippen molar-refractivity contribution in [1.29, 1.82) is 0 Å². The number of benzene rings is 3.